The third-order valence-electron chi connectivity index (χ3n) is 7.69. The summed E-state index contributed by atoms with van der Waals surface area (Å²) >= 11 is 1.46. The van der Waals surface area contributed by atoms with E-state index >= 15 is 0 Å². The number of aromatic nitrogens is 3. The monoisotopic (exact) mass is 608 g/mol. The second-order valence-corrected chi connectivity index (χ2v) is 11.7. The fourth-order valence-corrected chi connectivity index (χ4v) is 6.21. The van der Waals surface area contributed by atoms with Gasteiger partial charge in [-0.2, -0.15) is 4.73 Å². The molecule has 4 atom stereocenters. The Morgan fingerprint density at radius 3 is 2.39 bits per heavy atom. The summed E-state index contributed by atoms with van der Waals surface area (Å²) < 4.78 is 13.9. The molecule has 0 unspecified atom stereocenters. The van der Waals surface area contributed by atoms with Crippen molar-refractivity contribution in [1.82, 2.24) is 15.3 Å². The molecular formula is C34H32N4O5S. The van der Waals surface area contributed by atoms with Crippen molar-refractivity contribution in [3.8, 4) is 0 Å². The average molecular weight is 609 g/mol. The highest BCUT2D eigenvalue weighted by atomic mass is 32.2. The number of hydrogen-bond donors (Lipinski definition) is 2. The second kappa shape index (κ2) is 13.5. The van der Waals surface area contributed by atoms with Crippen molar-refractivity contribution in [2.45, 2.75) is 43.6 Å². The van der Waals surface area contributed by atoms with E-state index in [1.165, 1.54) is 24.2 Å². The van der Waals surface area contributed by atoms with Gasteiger partial charge in [-0.05, 0) is 34.9 Å². The van der Waals surface area contributed by atoms with E-state index in [1.807, 2.05) is 78.9 Å². The first-order chi connectivity index (χ1) is 21.5. The third kappa shape index (κ3) is 6.74. The van der Waals surface area contributed by atoms with Crippen LogP contribution in [0.25, 0.3) is 11.0 Å². The van der Waals surface area contributed by atoms with Crippen molar-refractivity contribution in [1.29, 1.82) is 0 Å². The third-order valence-corrected chi connectivity index (χ3v) is 8.80. The van der Waals surface area contributed by atoms with E-state index in [2.05, 4.69) is 22.2 Å². The Balaban J connectivity index is 1.16. The summed E-state index contributed by atoms with van der Waals surface area (Å²) in [5.74, 6) is 0.268. The summed E-state index contributed by atoms with van der Waals surface area (Å²) in [6.45, 7) is 2.39. The lowest BCUT2D eigenvalue weighted by molar-refractivity contribution is -0.645. The van der Waals surface area contributed by atoms with Gasteiger partial charge in [-0.3, -0.25) is 9.78 Å². The van der Waals surface area contributed by atoms with Gasteiger partial charge in [-0.15, -0.1) is 0 Å². The Morgan fingerprint density at radius 1 is 0.932 bits per heavy atom. The maximum absolute atomic E-state index is 12.7. The van der Waals surface area contributed by atoms with E-state index in [-0.39, 0.29) is 36.3 Å². The lowest BCUT2D eigenvalue weighted by Crippen LogP contribution is -2.39. The lowest BCUT2D eigenvalue weighted by Gasteiger charge is -2.41. The molecule has 0 saturated carbocycles. The van der Waals surface area contributed by atoms with Gasteiger partial charge in [0.15, 0.2) is 12.5 Å². The quantitative estimate of drug-likeness (QED) is 0.132. The molecule has 1 aliphatic heterocycles. The Bertz CT molecular complexity index is 1730. The van der Waals surface area contributed by atoms with E-state index in [4.69, 9.17) is 9.47 Å². The maximum Gasteiger partial charge on any atom is 0.271 e. The molecule has 44 heavy (non-hydrogen) atoms. The summed E-state index contributed by atoms with van der Waals surface area (Å²) in [5.41, 5.74) is 5.25. The lowest BCUT2D eigenvalue weighted by atomic mass is 9.91. The van der Waals surface area contributed by atoms with Crippen molar-refractivity contribution >= 4 is 28.7 Å². The fraction of sp³-hybridized carbons (Fsp3) is 0.235. The molecule has 1 saturated heterocycles. The topological polar surface area (TPSA) is 121 Å². The predicted octanol–water partition coefficient (Wildman–Crippen LogP) is 5.27. The van der Waals surface area contributed by atoms with E-state index < -0.39 is 6.29 Å². The number of rotatable bonds is 9. The van der Waals surface area contributed by atoms with Crippen molar-refractivity contribution in [2.75, 3.05) is 5.75 Å². The zero-order valence-corrected chi connectivity index (χ0v) is 24.9. The molecule has 5 aromatic rings. The second-order valence-electron chi connectivity index (χ2n) is 10.7. The van der Waals surface area contributed by atoms with Gasteiger partial charge in [-0.25, -0.2) is 4.98 Å². The number of carbonyl (C=O) groups is 1. The number of carbonyl (C=O) groups excluding carboxylic acids is 1. The minimum atomic E-state index is -0.633. The molecule has 10 heteroatoms. The maximum atomic E-state index is 12.7. The average Bonchev–Trinajstić information content (AvgIpc) is 3.07. The highest BCUT2D eigenvalue weighted by Gasteiger charge is 2.38. The van der Waals surface area contributed by atoms with Gasteiger partial charge in [0.2, 0.25) is 0 Å². The largest absolute Gasteiger partial charge is 0.618 e. The number of fused-ring (bicyclic) bond motifs is 1. The molecule has 1 amide bonds. The molecule has 6 rings (SSSR count). The highest BCUT2D eigenvalue weighted by Crippen LogP contribution is 2.42. The number of nitrogens with zero attached hydrogens (tertiary/aromatic N) is 3. The Kier molecular flexibility index (Phi) is 9.13. The van der Waals surface area contributed by atoms with Crippen LogP contribution in [0.3, 0.4) is 0 Å². The van der Waals surface area contributed by atoms with Crippen LogP contribution in [0.5, 0.6) is 0 Å². The normalized spacial score (nSPS) is 20.0. The van der Waals surface area contributed by atoms with E-state index in [9.17, 15) is 15.1 Å². The van der Waals surface area contributed by atoms with Crippen LogP contribution in [-0.4, -0.2) is 32.8 Å². The van der Waals surface area contributed by atoms with Crippen LogP contribution in [0.4, 0.5) is 0 Å². The molecule has 3 aromatic carbocycles. The van der Waals surface area contributed by atoms with Gasteiger partial charge in [0, 0.05) is 35.9 Å². The van der Waals surface area contributed by atoms with Crippen molar-refractivity contribution < 1.29 is 24.1 Å². The molecular weight excluding hydrogens is 576 g/mol. The fourth-order valence-electron chi connectivity index (χ4n) is 5.13. The summed E-state index contributed by atoms with van der Waals surface area (Å²) in [4.78, 5) is 21.5. The van der Waals surface area contributed by atoms with E-state index in [0.717, 1.165) is 32.5 Å². The van der Waals surface area contributed by atoms with Crippen LogP contribution >= 0.6 is 11.8 Å². The number of ether oxygens (including phenoxy) is 2. The van der Waals surface area contributed by atoms with E-state index in [0.29, 0.717) is 22.8 Å². The van der Waals surface area contributed by atoms with Crippen molar-refractivity contribution in [3.05, 3.63) is 137 Å². The first-order valence-corrected chi connectivity index (χ1v) is 15.4. The summed E-state index contributed by atoms with van der Waals surface area (Å²) in [6, 6.07) is 28.3. The molecule has 2 N–H and O–H groups in total. The number of benzene rings is 3. The minimum absolute atomic E-state index is 0.00441. The number of hydrogen-bond acceptors (Lipinski definition) is 8. The minimum Gasteiger partial charge on any atom is -0.618 e. The number of aliphatic hydroxyl groups excluding tert-OH is 1. The van der Waals surface area contributed by atoms with Gasteiger partial charge in [0.1, 0.15) is 5.69 Å². The van der Waals surface area contributed by atoms with Gasteiger partial charge >= 0.3 is 0 Å². The number of aliphatic hydroxyl groups is 1. The van der Waals surface area contributed by atoms with Crippen LogP contribution in [-0.2, 0) is 22.6 Å². The molecule has 0 bridgehead atoms. The number of para-hydroxylation sites is 2. The zero-order valence-electron chi connectivity index (χ0n) is 24.1. The molecule has 9 nitrogen and oxygen atoms in total. The van der Waals surface area contributed by atoms with Gasteiger partial charge in [-0.1, -0.05) is 79.3 Å². The molecule has 1 fully saturated rings. The van der Waals surface area contributed by atoms with Crippen molar-refractivity contribution in [2.24, 2.45) is 5.92 Å². The first kappa shape index (κ1) is 29.7. The molecule has 224 valence electrons. The molecule has 2 aromatic heterocycles. The summed E-state index contributed by atoms with van der Waals surface area (Å²) in [5, 5.41) is 25.3. The zero-order chi connectivity index (χ0) is 30.5. The molecule has 0 aliphatic carbocycles. The van der Waals surface area contributed by atoms with E-state index in [1.54, 1.807) is 12.1 Å². The first-order valence-electron chi connectivity index (χ1n) is 14.4. The van der Waals surface area contributed by atoms with Crippen LogP contribution in [0.2, 0.25) is 0 Å². The smallest absolute Gasteiger partial charge is 0.271 e. The summed E-state index contributed by atoms with van der Waals surface area (Å²) in [6.07, 6.45) is 1.87. The predicted molar refractivity (Wildman–Crippen MR) is 166 cm³/mol. The number of thioether (sulfide) groups is 1. The van der Waals surface area contributed by atoms with Crippen LogP contribution < -0.4 is 10.0 Å². The molecule has 3 heterocycles. The van der Waals surface area contributed by atoms with Gasteiger partial charge in [0.25, 0.3) is 10.9 Å². The molecule has 1 aliphatic rings. The Morgan fingerprint density at radius 2 is 1.64 bits per heavy atom. The number of pyridine rings is 1. The highest BCUT2D eigenvalue weighted by molar-refractivity contribution is 7.99. The van der Waals surface area contributed by atoms with Crippen LogP contribution in [0.1, 0.15) is 52.1 Å². The SMILES string of the molecule is C[C@@H]1[C@H](CSc2cccc[n+]2[O-])O[C@H](c2ccc(CNC(=O)c3cnc4ccccc4n3)cc2)O[C@@H]1c1ccc(CO)cc1. The molecule has 0 spiro atoms. The van der Waals surface area contributed by atoms with Crippen LogP contribution in [0.15, 0.2) is 108 Å². The Labute approximate surface area is 259 Å². The van der Waals surface area contributed by atoms with Crippen molar-refractivity contribution in [3.63, 3.8) is 0 Å². The standard InChI is InChI=1S/C34H32N4O5S/c1-22-30(21-44-31-8-4-5-17-38(31)41)42-34(43-32(22)25-13-11-24(20-39)12-14-25)26-15-9-23(10-16-26)18-36-33(40)29-19-35-27-6-2-3-7-28(27)37-29/h2-17,19,22,30,32,34,39H,18,20-21H2,1H3,(H,36,40)/t22-,30+,32+,34+/m1/s1. The van der Waals surface area contributed by atoms with Crippen LogP contribution in [0, 0.1) is 11.1 Å². The Hall–Kier alpha value is -4.35. The molecule has 0 radical (unpaired) electrons. The summed E-state index contributed by atoms with van der Waals surface area (Å²) in [7, 11) is 0. The van der Waals surface area contributed by atoms with Gasteiger partial charge in [0.05, 0.1) is 36.0 Å². The number of nitrogens with one attached hydrogen (secondary N) is 1. The number of amides is 1. The van der Waals surface area contributed by atoms with Gasteiger partial charge < -0.3 is 25.1 Å².